The minimum Gasteiger partial charge on any atom is -0.381 e. The lowest BCUT2D eigenvalue weighted by Crippen LogP contribution is -2.08. The summed E-state index contributed by atoms with van der Waals surface area (Å²) in [6.07, 6.45) is 0. The van der Waals surface area contributed by atoms with Gasteiger partial charge in [0.2, 0.25) is 14.9 Å². The van der Waals surface area contributed by atoms with Gasteiger partial charge in [-0.15, -0.1) is 5.10 Å². The Morgan fingerprint density at radius 2 is 2.00 bits per heavy atom. The molecule has 0 unspecified atom stereocenters. The average molecular weight is 263 g/mol. The number of hydrogen-bond donors (Lipinski definition) is 1. The highest BCUT2D eigenvalue weighted by atomic mass is 32.2. The van der Waals surface area contributed by atoms with Gasteiger partial charge >= 0.3 is 0 Å². The van der Waals surface area contributed by atoms with Gasteiger partial charge in [-0.25, -0.2) is 13.1 Å². The lowest BCUT2D eigenvalue weighted by atomic mass is 10.4. The first-order valence-electron chi connectivity index (χ1n) is 4.93. The molecule has 8 heteroatoms. The fourth-order valence-corrected chi connectivity index (χ4v) is 2.65. The summed E-state index contributed by atoms with van der Waals surface area (Å²) in [6.45, 7) is -0.150. The van der Waals surface area contributed by atoms with Gasteiger partial charge in [-0.1, -0.05) is 23.4 Å². The maximum atomic E-state index is 12.2. The molecule has 18 heavy (non-hydrogen) atoms. The van der Waals surface area contributed by atoms with Gasteiger partial charge in [0, 0.05) is 0 Å². The lowest BCUT2D eigenvalue weighted by molar-refractivity contribution is 0.592. The zero-order valence-electron chi connectivity index (χ0n) is 9.18. The number of benzene rings is 1. The molecule has 0 bridgehead atoms. The van der Waals surface area contributed by atoms with Gasteiger partial charge < -0.3 is 5.73 Å². The fourth-order valence-electron chi connectivity index (χ4n) is 1.39. The van der Waals surface area contributed by atoms with E-state index in [1.54, 1.807) is 18.2 Å². The third kappa shape index (κ3) is 1.91. The second-order valence-corrected chi connectivity index (χ2v) is 5.28. The van der Waals surface area contributed by atoms with Crippen LogP contribution in [0.3, 0.4) is 0 Å². The van der Waals surface area contributed by atoms with E-state index in [4.69, 9.17) is 11.0 Å². The van der Waals surface area contributed by atoms with Crippen LogP contribution in [0.2, 0.25) is 0 Å². The molecule has 0 saturated carbocycles. The first kappa shape index (κ1) is 12.1. The Labute approximate surface area is 103 Å². The summed E-state index contributed by atoms with van der Waals surface area (Å²) < 4.78 is 25.4. The van der Waals surface area contributed by atoms with Crippen molar-refractivity contribution < 1.29 is 8.42 Å². The van der Waals surface area contributed by atoms with Crippen molar-refractivity contribution >= 4 is 15.7 Å². The summed E-state index contributed by atoms with van der Waals surface area (Å²) in [7, 11) is -3.80. The molecule has 0 aliphatic heterocycles. The topological polar surface area (TPSA) is 115 Å². The first-order chi connectivity index (χ1) is 8.57. The molecule has 0 saturated heterocycles. The minimum absolute atomic E-state index is 0.0840. The summed E-state index contributed by atoms with van der Waals surface area (Å²) in [6, 6.07) is 9.60. The van der Waals surface area contributed by atoms with E-state index in [-0.39, 0.29) is 22.3 Å². The van der Waals surface area contributed by atoms with Crippen molar-refractivity contribution in [3.8, 4) is 6.07 Å². The van der Waals surface area contributed by atoms with Gasteiger partial charge in [0.15, 0.2) is 5.82 Å². The third-order valence-electron chi connectivity index (χ3n) is 2.27. The molecule has 0 radical (unpaired) electrons. The van der Waals surface area contributed by atoms with Crippen LogP contribution in [-0.4, -0.2) is 23.4 Å². The number of anilines is 1. The van der Waals surface area contributed by atoms with Crippen molar-refractivity contribution in [2.24, 2.45) is 0 Å². The molecular formula is C10H9N5O2S. The zero-order chi connectivity index (χ0) is 13.2. The Balaban J connectivity index is 2.53. The van der Waals surface area contributed by atoms with E-state index in [2.05, 4.69) is 10.3 Å². The van der Waals surface area contributed by atoms with Crippen molar-refractivity contribution in [2.45, 2.75) is 16.5 Å². The Morgan fingerprint density at radius 1 is 1.33 bits per heavy atom. The van der Waals surface area contributed by atoms with Gasteiger partial charge in [0.05, 0.1) is 11.0 Å². The molecule has 0 amide bonds. The molecule has 1 heterocycles. The van der Waals surface area contributed by atoms with E-state index in [0.717, 1.165) is 4.68 Å². The number of rotatable bonds is 3. The largest absolute Gasteiger partial charge is 0.381 e. The van der Waals surface area contributed by atoms with Crippen LogP contribution >= 0.6 is 0 Å². The number of hydrogen-bond acceptors (Lipinski definition) is 6. The van der Waals surface area contributed by atoms with Crippen LogP contribution < -0.4 is 5.73 Å². The molecule has 7 nitrogen and oxygen atoms in total. The van der Waals surface area contributed by atoms with Crippen LogP contribution in [0.4, 0.5) is 5.82 Å². The van der Waals surface area contributed by atoms with E-state index in [1.807, 2.05) is 6.07 Å². The molecule has 0 spiro atoms. The predicted molar refractivity (Wildman–Crippen MR) is 61.9 cm³/mol. The van der Waals surface area contributed by atoms with Gasteiger partial charge in [-0.2, -0.15) is 5.26 Å². The molecule has 0 aliphatic carbocycles. The molecule has 1 aromatic heterocycles. The quantitative estimate of drug-likeness (QED) is 0.846. The molecule has 0 aliphatic rings. The van der Waals surface area contributed by atoms with Crippen molar-refractivity contribution in [3.05, 3.63) is 30.3 Å². The molecule has 2 N–H and O–H groups in total. The first-order valence-corrected chi connectivity index (χ1v) is 6.41. The van der Waals surface area contributed by atoms with E-state index >= 15 is 0 Å². The van der Waals surface area contributed by atoms with Crippen LogP contribution in [0, 0.1) is 11.3 Å². The second-order valence-electron chi connectivity index (χ2n) is 3.41. The smallest absolute Gasteiger partial charge is 0.229 e. The van der Waals surface area contributed by atoms with Crippen LogP contribution in [0.5, 0.6) is 0 Å². The van der Waals surface area contributed by atoms with Crippen molar-refractivity contribution in [2.75, 3.05) is 5.73 Å². The third-order valence-corrected chi connectivity index (χ3v) is 3.96. The Hall–Kier alpha value is -2.40. The number of nitrogens with zero attached hydrogens (tertiary/aromatic N) is 4. The molecule has 1 aromatic carbocycles. The molecule has 2 rings (SSSR count). The number of nitriles is 1. The minimum atomic E-state index is -3.80. The standard InChI is InChI=1S/C10H9N5O2S/c11-6-7-15-9(12)10(13-14-15)18(16,17)8-4-2-1-3-5-8/h1-5H,7,12H2. The number of nitrogen functional groups attached to an aromatic ring is 1. The molecule has 0 fully saturated rings. The summed E-state index contributed by atoms with van der Waals surface area (Å²) >= 11 is 0. The lowest BCUT2D eigenvalue weighted by Gasteiger charge is -2.01. The van der Waals surface area contributed by atoms with E-state index in [9.17, 15) is 8.42 Å². The van der Waals surface area contributed by atoms with E-state index in [1.165, 1.54) is 12.1 Å². The summed E-state index contributed by atoms with van der Waals surface area (Å²) in [4.78, 5) is 0.0840. The Morgan fingerprint density at radius 3 is 2.61 bits per heavy atom. The highest BCUT2D eigenvalue weighted by Gasteiger charge is 2.25. The van der Waals surface area contributed by atoms with Gasteiger partial charge in [-0.05, 0) is 12.1 Å². The maximum Gasteiger partial charge on any atom is 0.229 e. The summed E-state index contributed by atoms with van der Waals surface area (Å²) in [5.41, 5.74) is 5.62. The number of sulfone groups is 1. The maximum absolute atomic E-state index is 12.2. The van der Waals surface area contributed by atoms with Crippen molar-refractivity contribution in [1.82, 2.24) is 15.0 Å². The summed E-state index contributed by atoms with van der Waals surface area (Å²) in [5.74, 6) is -0.139. The highest BCUT2D eigenvalue weighted by Crippen LogP contribution is 2.22. The monoisotopic (exact) mass is 263 g/mol. The predicted octanol–water partition coefficient (Wildman–Crippen LogP) is 0.217. The Bertz CT molecular complexity index is 700. The van der Waals surface area contributed by atoms with E-state index in [0.29, 0.717) is 0 Å². The Kier molecular flexibility index (Phi) is 2.99. The molecular weight excluding hydrogens is 254 g/mol. The van der Waals surface area contributed by atoms with Crippen molar-refractivity contribution in [3.63, 3.8) is 0 Å². The van der Waals surface area contributed by atoms with Crippen LogP contribution in [-0.2, 0) is 16.4 Å². The fraction of sp³-hybridized carbons (Fsp3) is 0.100. The zero-order valence-corrected chi connectivity index (χ0v) is 10.0. The van der Waals surface area contributed by atoms with Crippen molar-refractivity contribution in [1.29, 1.82) is 5.26 Å². The molecule has 92 valence electrons. The summed E-state index contributed by atoms with van der Waals surface area (Å²) in [5, 5.41) is 15.3. The normalized spacial score (nSPS) is 11.1. The van der Waals surface area contributed by atoms with Gasteiger partial charge in [0.25, 0.3) is 0 Å². The highest BCUT2D eigenvalue weighted by molar-refractivity contribution is 7.91. The number of nitrogens with two attached hydrogens (primary N) is 1. The van der Waals surface area contributed by atoms with Gasteiger partial charge in [-0.3, -0.25) is 0 Å². The molecule has 2 aromatic rings. The average Bonchev–Trinajstić information content (AvgIpc) is 2.73. The molecule has 0 atom stereocenters. The van der Waals surface area contributed by atoms with Crippen LogP contribution in [0.25, 0.3) is 0 Å². The van der Waals surface area contributed by atoms with E-state index < -0.39 is 9.84 Å². The second kappa shape index (κ2) is 4.46. The van der Waals surface area contributed by atoms with Gasteiger partial charge in [0.1, 0.15) is 6.54 Å². The van der Waals surface area contributed by atoms with Crippen LogP contribution in [0.1, 0.15) is 0 Å². The number of aromatic nitrogens is 3. The van der Waals surface area contributed by atoms with Crippen LogP contribution in [0.15, 0.2) is 40.3 Å². The SMILES string of the molecule is N#CCn1nnc(S(=O)(=O)c2ccccc2)c1N.